The third kappa shape index (κ3) is 5.86. The Hall–Kier alpha value is -1.30. The Morgan fingerprint density at radius 2 is 1.67 bits per heavy atom. The predicted molar refractivity (Wildman–Crippen MR) is 68.3 cm³/mol. The van der Waals surface area contributed by atoms with Crippen LogP contribution in [0.25, 0.3) is 0 Å². The van der Waals surface area contributed by atoms with Crippen molar-refractivity contribution in [3.05, 3.63) is 0 Å². The van der Waals surface area contributed by atoms with Crippen LogP contribution in [0.3, 0.4) is 0 Å². The molecule has 0 aliphatic rings. The quantitative estimate of drug-likeness (QED) is 0.748. The maximum absolute atomic E-state index is 11.5. The summed E-state index contributed by atoms with van der Waals surface area (Å²) in [4.78, 5) is 22.6. The van der Waals surface area contributed by atoms with Gasteiger partial charge in [0.15, 0.2) is 0 Å². The highest BCUT2D eigenvalue weighted by Crippen LogP contribution is 2.16. The highest BCUT2D eigenvalue weighted by Gasteiger charge is 2.30. The summed E-state index contributed by atoms with van der Waals surface area (Å²) in [5.74, 6) is -0.186. The molecule has 0 spiro atoms. The summed E-state index contributed by atoms with van der Waals surface area (Å²) in [5, 5.41) is 4.92. The Bertz CT molecular complexity index is 292. The molecule has 0 radical (unpaired) electrons. The molecule has 6 nitrogen and oxygen atoms in total. The predicted octanol–water partition coefficient (Wildman–Crippen LogP) is 1.05. The van der Waals surface area contributed by atoms with Crippen molar-refractivity contribution in [1.29, 1.82) is 0 Å². The lowest BCUT2D eigenvalue weighted by Crippen LogP contribution is -2.45. The van der Waals surface area contributed by atoms with E-state index in [9.17, 15) is 9.59 Å². The normalized spacial score (nSPS) is 14.6. The van der Waals surface area contributed by atoms with Gasteiger partial charge in [-0.05, 0) is 27.7 Å². The maximum Gasteiger partial charge on any atom is 0.407 e. The van der Waals surface area contributed by atoms with Gasteiger partial charge in [0.25, 0.3) is 5.91 Å². The molecule has 2 unspecified atom stereocenters. The van der Waals surface area contributed by atoms with E-state index in [2.05, 4.69) is 10.6 Å². The summed E-state index contributed by atoms with van der Waals surface area (Å²) in [5.41, 5.74) is -0.902. The van der Waals surface area contributed by atoms with Crippen LogP contribution in [0, 0.1) is 0 Å². The van der Waals surface area contributed by atoms with E-state index in [1.807, 2.05) is 6.92 Å². The number of carbonyl (C=O) groups is 2. The molecule has 0 saturated heterocycles. The zero-order valence-corrected chi connectivity index (χ0v) is 12.0. The van der Waals surface area contributed by atoms with E-state index in [0.717, 1.165) is 0 Å². The van der Waals surface area contributed by atoms with Crippen molar-refractivity contribution in [2.75, 3.05) is 14.1 Å². The second kappa shape index (κ2) is 7.20. The third-order valence-electron chi connectivity index (χ3n) is 2.45. The first kappa shape index (κ1) is 16.7. The lowest BCUT2D eigenvalue weighted by molar-refractivity contribution is -0.150. The van der Waals surface area contributed by atoms with Gasteiger partial charge in [-0.2, -0.15) is 0 Å². The number of hydrogen-bond donors (Lipinski definition) is 2. The highest BCUT2D eigenvalue weighted by molar-refractivity contribution is 5.83. The average Bonchev–Trinajstić information content (AvgIpc) is 2.26. The molecule has 0 aromatic rings. The molecule has 0 aliphatic heterocycles. The Morgan fingerprint density at radius 1 is 1.11 bits per heavy atom. The number of rotatable bonds is 6. The van der Waals surface area contributed by atoms with Gasteiger partial charge < -0.3 is 20.1 Å². The van der Waals surface area contributed by atoms with Crippen molar-refractivity contribution in [1.82, 2.24) is 10.6 Å². The van der Waals surface area contributed by atoms with E-state index in [1.54, 1.807) is 27.8 Å². The van der Waals surface area contributed by atoms with Gasteiger partial charge in [-0.25, -0.2) is 4.79 Å². The standard InChI is InChI=1S/C12H24N2O4/c1-8(17-11(16)14-6)7-9(2)18-12(3,4)10(15)13-5/h8-9H,7H2,1-6H3,(H,13,15)(H,14,16). The Kier molecular flexibility index (Phi) is 6.68. The van der Waals surface area contributed by atoms with Gasteiger partial charge in [-0.1, -0.05) is 0 Å². The fraction of sp³-hybridized carbons (Fsp3) is 0.833. The Labute approximate surface area is 108 Å². The maximum atomic E-state index is 11.5. The van der Waals surface area contributed by atoms with Crippen molar-refractivity contribution >= 4 is 12.0 Å². The van der Waals surface area contributed by atoms with Crippen LogP contribution in [0.2, 0.25) is 0 Å². The molecule has 0 aromatic carbocycles. The smallest absolute Gasteiger partial charge is 0.407 e. The van der Waals surface area contributed by atoms with E-state index in [4.69, 9.17) is 9.47 Å². The van der Waals surface area contributed by atoms with Crippen molar-refractivity contribution in [3.8, 4) is 0 Å². The van der Waals surface area contributed by atoms with Gasteiger partial charge in [0.2, 0.25) is 0 Å². The van der Waals surface area contributed by atoms with Crippen molar-refractivity contribution in [3.63, 3.8) is 0 Å². The monoisotopic (exact) mass is 260 g/mol. The fourth-order valence-corrected chi connectivity index (χ4v) is 1.66. The Balaban J connectivity index is 4.21. The first-order valence-electron chi connectivity index (χ1n) is 6.01. The molecule has 0 saturated carbocycles. The van der Waals surface area contributed by atoms with Crippen LogP contribution < -0.4 is 10.6 Å². The summed E-state index contributed by atoms with van der Waals surface area (Å²) in [7, 11) is 3.07. The van der Waals surface area contributed by atoms with E-state index in [1.165, 1.54) is 7.05 Å². The minimum absolute atomic E-state index is 0.186. The van der Waals surface area contributed by atoms with Gasteiger partial charge >= 0.3 is 6.09 Å². The number of alkyl carbamates (subject to hydrolysis) is 1. The van der Waals surface area contributed by atoms with E-state index < -0.39 is 11.7 Å². The van der Waals surface area contributed by atoms with Gasteiger partial charge in [-0.15, -0.1) is 0 Å². The fourth-order valence-electron chi connectivity index (χ4n) is 1.66. The van der Waals surface area contributed by atoms with Crippen molar-refractivity contribution < 1.29 is 19.1 Å². The zero-order valence-electron chi connectivity index (χ0n) is 12.0. The number of nitrogens with one attached hydrogen (secondary N) is 2. The Morgan fingerprint density at radius 3 is 2.11 bits per heavy atom. The molecule has 0 heterocycles. The molecule has 0 bridgehead atoms. The van der Waals surface area contributed by atoms with E-state index in [-0.39, 0.29) is 18.1 Å². The molecule has 18 heavy (non-hydrogen) atoms. The number of hydrogen-bond acceptors (Lipinski definition) is 4. The lowest BCUT2D eigenvalue weighted by Gasteiger charge is -2.28. The third-order valence-corrected chi connectivity index (χ3v) is 2.45. The van der Waals surface area contributed by atoms with Crippen LogP contribution in [-0.4, -0.2) is 43.9 Å². The topological polar surface area (TPSA) is 76.7 Å². The van der Waals surface area contributed by atoms with Gasteiger partial charge in [-0.3, -0.25) is 4.79 Å². The van der Waals surface area contributed by atoms with Crippen LogP contribution in [0.15, 0.2) is 0 Å². The SMILES string of the molecule is CNC(=O)OC(C)CC(C)OC(C)(C)C(=O)NC. The minimum Gasteiger partial charge on any atom is -0.446 e. The number of ether oxygens (including phenoxy) is 2. The van der Waals surface area contributed by atoms with Crippen LogP contribution in [-0.2, 0) is 14.3 Å². The second-order valence-corrected chi connectivity index (χ2v) is 4.72. The van der Waals surface area contributed by atoms with Crippen molar-refractivity contribution in [2.45, 2.75) is 51.9 Å². The molecular weight excluding hydrogens is 236 g/mol. The van der Waals surface area contributed by atoms with Crippen molar-refractivity contribution in [2.24, 2.45) is 0 Å². The summed E-state index contributed by atoms with van der Waals surface area (Å²) in [6.45, 7) is 7.02. The minimum atomic E-state index is -0.902. The van der Waals surface area contributed by atoms with Crippen LogP contribution in [0.5, 0.6) is 0 Å². The summed E-state index contributed by atoms with van der Waals surface area (Å²) < 4.78 is 10.7. The molecule has 0 aliphatic carbocycles. The molecule has 0 fully saturated rings. The van der Waals surface area contributed by atoms with Gasteiger partial charge in [0.05, 0.1) is 6.10 Å². The van der Waals surface area contributed by atoms with E-state index >= 15 is 0 Å². The molecule has 2 N–H and O–H groups in total. The first-order valence-corrected chi connectivity index (χ1v) is 6.01. The first-order chi connectivity index (χ1) is 8.22. The molecule has 6 heteroatoms. The molecular formula is C12H24N2O4. The number of carbonyl (C=O) groups excluding carboxylic acids is 2. The summed E-state index contributed by atoms with van der Waals surface area (Å²) in [6, 6.07) is 0. The molecule has 0 aromatic heterocycles. The van der Waals surface area contributed by atoms with Gasteiger partial charge in [0.1, 0.15) is 11.7 Å². The molecule has 0 rings (SSSR count). The number of likely N-dealkylation sites (N-methyl/N-ethyl adjacent to an activating group) is 1. The average molecular weight is 260 g/mol. The summed E-state index contributed by atoms with van der Waals surface area (Å²) >= 11 is 0. The largest absolute Gasteiger partial charge is 0.446 e. The molecule has 106 valence electrons. The highest BCUT2D eigenvalue weighted by atomic mass is 16.6. The summed E-state index contributed by atoms with van der Waals surface area (Å²) in [6.07, 6.45) is -0.425. The molecule has 2 amide bonds. The van der Waals surface area contributed by atoms with Crippen LogP contribution in [0.4, 0.5) is 4.79 Å². The lowest BCUT2D eigenvalue weighted by atomic mass is 10.1. The van der Waals surface area contributed by atoms with Crippen LogP contribution in [0.1, 0.15) is 34.1 Å². The second-order valence-electron chi connectivity index (χ2n) is 4.72. The van der Waals surface area contributed by atoms with Crippen LogP contribution >= 0.6 is 0 Å². The molecule has 2 atom stereocenters. The zero-order chi connectivity index (χ0) is 14.3. The number of amides is 2. The van der Waals surface area contributed by atoms with Gasteiger partial charge in [0, 0.05) is 20.5 Å². The van der Waals surface area contributed by atoms with E-state index in [0.29, 0.717) is 6.42 Å².